The van der Waals surface area contributed by atoms with Crippen molar-refractivity contribution < 1.29 is 8.42 Å². The van der Waals surface area contributed by atoms with Crippen LogP contribution in [0.3, 0.4) is 0 Å². The molecule has 0 saturated heterocycles. The van der Waals surface area contributed by atoms with Gasteiger partial charge in [0.25, 0.3) is 0 Å². The molecule has 0 spiro atoms. The highest BCUT2D eigenvalue weighted by Gasteiger charge is 2.23. The number of nitrogens with one attached hydrogen (secondary N) is 1. The third-order valence-electron chi connectivity index (χ3n) is 4.11. The Hall–Kier alpha value is -1.50. The molecule has 6 heteroatoms. The molecule has 0 saturated carbocycles. The number of nitrogens with two attached hydrogens (primary N) is 1. The second-order valence-electron chi connectivity index (χ2n) is 5.64. The molecule has 1 heterocycles. The summed E-state index contributed by atoms with van der Waals surface area (Å²) in [5, 5.41) is 0.936. The van der Waals surface area contributed by atoms with Crippen molar-refractivity contribution in [3.05, 3.63) is 42.1 Å². The number of fused-ring (bicyclic) bond motifs is 1. The molecule has 0 bridgehead atoms. The zero-order chi connectivity index (χ0) is 16.2. The van der Waals surface area contributed by atoms with Gasteiger partial charge in [-0.2, -0.15) is 0 Å². The summed E-state index contributed by atoms with van der Waals surface area (Å²) in [5.41, 5.74) is 7.07. The minimum atomic E-state index is -3.45. The predicted molar refractivity (Wildman–Crippen MR) is 89.9 cm³/mol. The lowest BCUT2D eigenvalue weighted by Gasteiger charge is -2.26. The minimum Gasteiger partial charge on any atom is -0.324 e. The number of benzene rings is 1. The van der Waals surface area contributed by atoms with Gasteiger partial charge in [-0.3, -0.25) is 4.98 Å². The summed E-state index contributed by atoms with van der Waals surface area (Å²) in [6.45, 7) is 4.18. The van der Waals surface area contributed by atoms with Crippen LogP contribution in [0, 0.1) is 0 Å². The summed E-state index contributed by atoms with van der Waals surface area (Å²) in [6, 6.07) is 9.32. The average Bonchev–Trinajstić information content (AvgIpc) is 2.53. The van der Waals surface area contributed by atoms with Crippen molar-refractivity contribution in [3.8, 4) is 0 Å². The Morgan fingerprint density at radius 1 is 1.18 bits per heavy atom. The summed E-state index contributed by atoms with van der Waals surface area (Å²) in [6.07, 6.45) is 3.12. The topological polar surface area (TPSA) is 85.1 Å². The van der Waals surface area contributed by atoms with Crippen LogP contribution < -0.4 is 10.5 Å². The van der Waals surface area contributed by atoms with Crippen molar-refractivity contribution in [2.45, 2.75) is 38.0 Å². The zero-order valence-corrected chi connectivity index (χ0v) is 13.9. The van der Waals surface area contributed by atoms with Gasteiger partial charge in [-0.25, -0.2) is 13.1 Å². The van der Waals surface area contributed by atoms with Gasteiger partial charge in [0.05, 0.1) is 11.3 Å². The van der Waals surface area contributed by atoms with Gasteiger partial charge in [0.1, 0.15) is 0 Å². The lowest BCUT2D eigenvalue weighted by atomic mass is 9.95. The molecule has 0 atom stereocenters. The van der Waals surface area contributed by atoms with Gasteiger partial charge in [-0.1, -0.05) is 38.1 Å². The first-order valence-corrected chi connectivity index (χ1v) is 9.13. The van der Waals surface area contributed by atoms with Gasteiger partial charge in [-0.15, -0.1) is 0 Å². The normalized spacial score (nSPS) is 12.7. The van der Waals surface area contributed by atoms with Gasteiger partial charge in [0.2, 0.25) is 10.0 Å². The zero-order valence-electron chi connectivity index (χ0n) is 13.0. The van der Waals surface area contributed by atoms with Crippen LogP contribution in [0.4, 0.5) is 0 Å². The number of aromatic nitrogens is 1. The van der Waals surface area contributed by atoms with Crippen molar-refractivity contribution >= 4 is 20.9 Å². The Morgan fingerprint density at radius 3 is 2.55 bits per heavy atom. The highest BCUT2D eigenvalue weighted by atomic mass is 32.2. The number of hydrogen-bond acceptors (Lipinski definition) is 4. The Labute approximate surface area is 132 Å². The van der Waals surface area contributed by atoms with E-state index in [1.54, 1.807) is 12.3 Å². The molecule has 5 nitrogen and oxygen atoms in total. The molecule has 1 aromatic heterocycles. The summed E-state index contributed by atoms with van der Waals surface area (Å²) in [5.74, 6) is -0.0924. The Balaban J connectivity index is 2.18. The number of nitrogens with zero attached hydrogens (tertiary/aromatic N) is 1. The van der Waals surface area contributed by atoms with Crippen LogP contribution in [-0.2, 0) is 15.8 Å². The fourth-order valence-corrected chi connectivity index (χ4v) is 3.55. The van der Waals surface area contributed by atoms with E-state index < -0.39 is 15.6 Å². The molecule has 1 aromatic carbocycles. The van der Waals surface area contributed by atoms with Crippen LogP contribution in [0.15, 0.2) is 36.5 Å². The first kappa shape index (κ1) is 16.9. The summed E-state index contributed by atoms with van der Waals surface area (Å²) >= 11 is 0. The van der Waals surface area contributed by atoms with E-state index in [2.05, 4.69) is 9.71 Å². The molecule has 22 heavy (non-hydrogen) atoms. The first-order valence-electron chi connectivity index (χ1n) is 7.48. The molecule has 0 fully saturated rings. The maximum absolute atomic E-state index is 12.3. The van der Waals surface area contributed by atoms with E-state index in [1.165, 1.54) is 0 Å². The molecule has 0 aliphatic carbocycles. The number of hydrogen-bond donors (Lipinski definition) is 2. The molecule has 0 radical (unpaired) electrons. The molecule has 0 aliphatic heterocycles. The van der Waals surface area contributed by atoms with Gasteiger partial charge in [0.15, 0.2) is 0 Å². The van der Waals surface area contributed by atoms with E-state index >= 15 is 0 Å². The minimum absolute atomic E-state index is 0.0924. The monoisotopic (exact) mass is 321 g/mol. The maximum atomic E-state index is 12.3. The summed E-state index contributed by atoms with van der Waals surface area (Å²) < 4.78 is 27.3. The van der Waals surface area contributed by atoms with E-state index in [-0.39, 0.29) is 12.3 Å². The number of rotatable bonds is 7. The molecular formula is C16H23N3O2S. The van der Waals surface area contributed by atoms with E-state index in [0.29, 0.717) is 5.56 Å². The van der Waals surface area contributed by atoms with Crippen molar-refractivity contribution in [1.82, 2.24) is 9.71 Å². The first-order chi connectivity index (χ1) is 10.4. The van der Waals surface area contributed by atoms with Crippen LogP contribution in [-0.4, -0.2) is 25.5 Å². The smallest absolute Gasteiger partial charge is 0.215 e. The second kappa shape index (κ2) is 6.73. The van der Waals surface area contributed by atoms with Crippen molar-refractivity contribution in [1.29, 1.82) is 0 Å². The van der Waals surface area contributed by atoms with Crippen LogP contribution in [0.5, 0.6) is 0 Å². The van der Waals surface area contributed by atoms with Crippen LogP contribution in [0.2, 0.25) is 0 Å². The standard InChI is InChI=1S/C16H23N3O2S/c1-3-16(17,4-2)12-19-22(20,21)11-14-8-5-7-13-9-6-10-18-15(13)14/h5-10,19H,3-4,11-12,17H2,1-2H3. The van der Waals surface area contributed by atoms with Crippen molar-refractivity contribution in [2.24, 2.45) is 5.73 Å². The van der Waals surface area contributed by atoms with Crippen LogP contribution >= 0.6 is 0 Å². The summed E-state index contributed by atoms with van der Waals surface area (Å²) in [4.78, 5) is 4.29. The molecule has 0 amide bonds. The Morgan fingerprint density at radius 2 is 1.86 bits per heavy atom. The fourth-order valence-electron chi connectivity index (χ4n) is 2.29. The van der Waals surface area contributed by atoms with Crippen LogP contribution in [0.25, 0.3) is 10.9 Å². The molecular weight excluding hydrogens is 298 g/mol. The highest BCUT2D eigenvalue weighted by molar-refractivity contribution is 7.88. The van der Waals surface area contributed by atoms with E-state index in [1.807, 2.05) is 38.1 Å². The Kier molecular flexibility index (Phi) is 5.16. The largest absolute Gasteiger partial charge is 0.324 e. The van der Waals surface area contributed by atoms with E-state index in [4.69, 9.17) is 5.73 Å². The maximum Gasteiger partial charge on any atom is 0.215 e. The number of para-hydroxylation sites is 1. The Bertz CT molecular complexity index is 735. The second-order valence-corrected chi connectivity index (χ2v) is 7.45. The molecule has 3 N–H and O–H groups in total. The third-order valence-corrected chi connectivity index (χ3v) is 5.39. The lowest BCUT2D eigenvalue weighted by molar-refractivity contribution is 0.391. The van der Waals surface area contributed by atoms with E-state index in [0.717, 1.165) is 23.7 Å². The lowest BCUT2D eigenvalue weighted by Crippen LogP contribution is -2.49. The van der Waals surface area contributed by atoms with Crippen molar-refractivity contribution in [2.75, 3.05) is 6.54 Å². The molecule has 0 unspecified atom stereocenters. The van der Waals surface area contributed by atoms with Crippen LogP contribution in [0.1, 0.15) is 32.3 Å². The molecule has 2 aromatic rings. The molecule has 0 aliphatic rings. The number of pyridine rings is 1. The van der Waals surface area contributed by atoms with Crippen molar-refractivity contribution in [3.63, 3.8) is 0 Å². The van der Waals surface area contributed by atoms with Gasteiger partial charge < -0.3 is 5.73 Å². The highest BCUT2D eigenvalue weighted by Crippen LogP contribution is 2.18. The molecule has 2 rings (SSSR count). The quantitative estimate of drug-likeness (QED) is 0.818. The summed E-state index contributed by atoms with van der Waals surface area (Å²) in [7, 11) is -3.45. The predicted octanol–water partition coefficient (Wildman–Crippen LogP) is 2.17. The molecule has 120 valence electrons. The average molecular weight is 321 g/mol. The number of sulfonamides is 1. The van der Waals surface area contributed by atoms with E-state index in [9.17, 15) is 8.42 Å². The van der Waals surface area contributed by atoms with Gasteiger partial charge in [-0.05, 0) is 24.5 Å². The SMILES string of the molecule is CCC(N)(CC)CNS(=O)(=O)Cc1cccc2cccnc12. The van der Waals surface area contributed by atoms with Gasteiger partial charge in [0, 0.05) is 23.7 Å². The van der Waals surface area contributed by atoms with Gasteiger partial charge >= 0.3 is 0 Å². The fraction of sp³-hybridized carbons (Fsp3) is 0.438. The third kappa shape index (κ3) is 4.03.